The number of carbonyl (C=O) groups excluding carboxylic acids is 1. The molecule has 6 atom stereocenters. The predicted octanol–water partition coefficient (Wildman–Crippen LogP) is -1.34. The van der Waals surface area contributed by atoms with E-state index < -0.39 is 61.6 Å². The maximum absolute atomic E-state index is 12.1. The van der Waals surface area contributed by atoms with Gasteiger partial charge in [-0.25, -0.2) is 0 Å². The van der Waals surface area contributed by atoms with Crippen LogP contribution in [0, 0.1) is 5.92 Å². The number of aliphatic hydroxyl groups excluding tert-OH is 4. The Morgan fingerprint density at radius 3 is 2.31 bits per heavy atom. The second kappa shape index (κ2) is 9.06. The zero-order chi connectivity index (χ0) is 19.3. The minimum absolute atomic E-state index is 0.111. The van der Waals surface area contributed by atoms with E-state index in [1.54, 1.807) is 30.3 Å². The van der Waals surface area contributed by atoms with Crippen molar-refractivity contribution in [3.05, 3.63) is 35.9 Å². The van der Waals surface area contributed by atoms with Crippen LogP contribution in [-0.2, 0) is 25.5 Å². The van der Waals surface area contributed by atoms with Gasteiger partial charge in [0, 0.05) is 0 Å². The lowest BCUT2D eigenvalue weighted by atomic mass is 9.96. The van der Waals surface area contributed by atoms with E-state index in [9.17, 15) is 30.0 Å². The summed E-state index contributed by atoms with van der Waals surface area (Å²) < 4.78 is 9.98. The Bertz CT molecular complexity index is 604. The summed E-state index contributed by atoms with van der Waals surface area (Å²) in [7, 11) is 0. The number of aliphatic hydroxyl groups is 4. The van der Waals surface area contributed by atoms with Crippen LogP contribution < -0.4 is 0 Å². The second-order valence-electron chi connectivity index (χ2n) is 6.12. The zero-order valence-electron chi connectivity index (χ0n) is 13.8. The van der Waals surface area contributed by atoms with E-state index in [4.69, 9.17) is 14.6 Å². The van der Waals surface area contributed by atoms with Gasteiger partial charge in [0.25, 0.3) is 0 Å². The van der Waals surface area contributed by atoms with Gasteiger partial charge in [-0.2, -0.15) is 0 Å². The van der Waals surface area contributed by atoms with E-state index in [-0.39, 0.29) is 6.42 Å². The van der Waals surface area contributed by atoms with Crippen molar-refractivity contribution in [2.75, 3.05) is 6.61 Å². The van der Waals surface area contributed by atoms with Gasteiger partial charge in [0.1, 0.15) is 24.4 Å². The molecule has 1 heterocycles. The summed E-state index contributed by atoms with van der Waals surface area (Å²) in [5.41, 5.74) is 0.737. The molecule has 1 saturated heterocycles. The minimum Gasteiger partial charge on any atom is -0.481 e. The monoisotopic (exact) mass is 370 g/mol. The van der Waals surface area contributed by atoms with Crippen molar-refractivity contribution >= 4 is 11.9 Å². The number of aliphatic carboxylic acids is 1. The molecule has 0 amide bonds. The number of esters is 1. The first-order valence-corrected chi connectivity index (χ1v) is 8.10. The number of carboxylic acids is 1. The third-order valence-electron chi connectivity index (χ3n) is 4.18. The molecule has 1 aliphatic heterocycles. The minimum atomic E-state index is -1.73. The van der Waals surface area contributed by atoms with Crippen LogP contribution in [0.3, 0.4) is 0 Å². The smallest absolute Gasteiger partial charge is 0.309 e. The van der Waals surface area contributed by atoms with E-state index in [2.05, 4.69) is 0 Å². The van der Waals surface area contributed by atoms with Crippen molar-refractivity contribution < 1.29 is 44.6 Å². The molecule has 144 valence electrons. The number of ether oxygens (including phenoxy) is 2. The summed E-state index contributed by atoms with van der Waals surface area (Å²) >= 11 is 0. The molecule has 1 fully saturated rings. The van der Waals surface area contributed by atoms with Crippen LogP contribution in [0.5, 0.6) is 0 Å². The molecular formula is C17H22O9. The topological polar surface area (TPSA) is 154 Å². The zero-order valence-corrected chi connectivity index (χ0v) is 13.8. The van der Waals surface area contributed by atoms with Crippen molar-refractivity contribution in [3.63, 3.8) is 0 Å². The normalized spacial score (nSPS) is 29.8. The van der Waals surface area contributed by atoms with Crippen molar-refractivity contribution in [1.29, 1.82) is 0 Å². The molecule has 0 spiro atoms. The van der Waals surface area contributed by atoms with Crippen molar-refractivity contribution in [2.24, 2.45) is 5.92 Å². The molecule has 26 heavy (non-hydrogen) atoms. The van der Waals surface area contributed by atoms with Gasteiger partial charge in [-0.05, 0) is 12.0 Å². The van der Waals surface area contributed by atoms with Gasteiger partial charge in [0.15, 0.2) is 0 Å². The van der Waals surface area contributed by atoms with Crippen LogP contribution in [0.4, 0.5) is 0 Å². The third-order valence-corrected chi connectivity index (χ3v) is 4.18. The maximum atomic E-state index is 12.1. The number of carbonyl (C=O) groups is 2. The lowest BCUT2D eigenvalue weighted by Gasteiger charge is -2.39. The SMILES string of the molecule is O=C(C[C@@H](Cc1ccccc1)C(=O)O)OC1O[C@H](CO)[C@@H](O)[C@H](O)[C@H]1O. The van der Waals surface area contributed by atoms with Gasteiger partial charge in [-0.1, -0.05) is 30.3 Å². The van der Waals surface area contributed by atoms with Gasteiger partial charge < -0.3 is 35.0 Å². The number of benzene rings is 1. The molecule has 0 aromatic heterocycles. The molecule has 1 unspecified atom stereocenters. The fourth-order valence-corrected chi connectivity index (χ4v) is 2.69. The van der Waals surface area contributed by atoms with Crippen LogP contribution in [0.25, 0.3) is 0 Å². The van der Waals surface area contributed by atoms with Crippen molar-refractivity contribution in [2.45, 2.75) is 43.5 Å². The summed E-state index contributed by atoms with van der Waals surface area (Å²) in [5, 5.41) is 47.6. The molecule has 1 aliphatic rings. The van der Waals surface area contributed by atoms with Crippen LogP contribution >= 0.6 is 0 Å². The standard InChI is InChI=1S/C17H22O9/c18-8-11-13(20)14(21)15(22)17(25-11)26-12(19)7-10(16(23)24)6-9-4-2-1-3-5-9/h1-5,10-11,13-15,17-18,20-22H,6-8H2,(H,23,24)/t10-,11-,13-,14+,15-,17?/m1/s1. The molecular weight excluding hydrogens is 348 g/mol. The van der Waals surface area contributed by atoms with Gasteiger partial charge >= 0.3 is 11.9 Å². The van der Waals surface area contributed by atoms with E-state index >= 15 is 0 Å². The molecule has 2 rings (SSSR count). The fourth-order valence-electron chi connectivity index (χ4n) is 2.69. The fraction of sp³-hybridized carbons (Fsp3) is 0.529. The molecule has 0 radical (unpaired) electrons. The number of carboxylic acid groups (broad SMARTS) is 1. The van der Waals surface area contributed by atoms with E-state index in [1.165, 1.54) is 0 Å². The van der Waals surface area contributed by atoms with E-state index in [1.807, 2.05) is 0 Å². The first kappa shape index (κ1) is 20.3. The van der Waals surface area contributed by atoms with Crippen molar-refractivity contribution in [3.8, 4) is 0 Å². The molecule has 0 saturated carbocycles. The molecule has 9 nitrogen and oxygen atoms in total. The van der Waals surface area contributed by atoms with Gasteiger partial charge in [-0.3, -0.25) is 9.59 Å². The van der Waals surface area contributed by atoms with Gasteiger partial charge in [0.2, 0.25) is 6.29 Å². The Morgan fingerprint density at radius 1 is 1.08 bits per heavy atom. The Balaban J connectivity index is 1.98. The van der Waals surface area contributed by atoms with Gasteiger partial charge in [0.05, 0.1) is 18.9 Å². The summed E-state index contributed by atoms with van der Waals surface area (Å²) in [6.07, 6.45) is -8.18. The highest BCUT2D eigenvalue weighted by molar-refractivity contribution is 5.79. The van der Waals surface area contributed by atoms with Crippen molar-refractivity contribution in [1.82, 2.24) is 0 Å². The maximum Gasteiger partial charge on any atom is 0.309 e. The number of hydrogen-bond donors (Lipinski definition) is 5. The van der Waals surface area contributed by atoms with Crippen LogP contribution in [0.15, 0.2) is 30.3 Å². The molecule has 0 bridgehead atoms. The van der Waals surface area contributed by atoms with Gasteiger partial charge in [-0.15, -0.1) is 0 Å². The summed E-state index contributed by atoms with van der Waals surface area (Å²) in [6.45, 7) is -0.662. The molecule has 1 aromatic carbocycles. The highest BCUT2D eigenvalue weighted by Gasteiger charge is 2.45. The summed E-state index contributed by atoms with van der Waals surface area (Å²) in [4.78, 5) is 23.5. The summed E-state index contributed by atoms with van der Waals surface area (Å²) in [5.74, 6) is -3.17. The lowest BCUT2D eigenvalue weighted by Crippen LogP contribution is -2.59. The molecule has 0 aliphatic carbocycles. The number of rotatable bonds is 7. The largest absolute Gasteiger partial charge is 0.481 e. The molecule has 9 heteroatoms. The highest BCUT2D eigenvalue weighted by atomic mass is 16.7. The van der Waals surface area contributed by atoms with Crippen LogP contribution in [0.2, 0.25) is 0 Å². The Kier molecular flexibility index (Phi) is 7.06. The second-order valence-corrected chi connectivity index (χ2v) is 6.12. The van der Waals surface area contributed by atoms with Crippen LogP contribution in [-0.4, -0.2) is 74.8 Å². The van der Waals surface area contributed by atoms with E-state index in [0.717, 1.165) is 5.56 Å². The Morgan fingerprint density at radius 2 is 1.73 bits per heavy atom. The number of hydrogen-bond acceptors (Lipinski definition) is 8. The average Bonchev–Trinajstić information content (AvgIpc) is 2.62. The van der Waals surface area contributed by atoms with E-state index in [0.29, 0.717) is 0 Å². The summed E-state index contributed by atoms with van der Waals surface area (Å²) in [6, 6.07) is 8.76. The molecule has 1 aromatic rings. The molecule has 5 N–H and O–H groups in total. The Labute approximate surface area is 149 Å². The first-order chi connectivity index (χ1) is 12.3. The first-order valence-electron chi connectivity index (χ1n) is 8.10. The third kappa shape index (κ3) is 4.99. The van der Waals surface area contributed by atoms with Crippen LogP contribution in [0.1, 0.15) is 12.0 Å². The predicted molar refractivity (Wildman–Crippen MR) is 85.7 cm³/mol. The lowest BCUT2D eigenvalue weighted by molar-refractivity contribution is -0.292. The highest BCUT2D eigenvalue weighted by Crippen LogP contribution is 2.23. The quantitative estimate of drug-likeness (QED) is 0.367. The average molecular weight is 370 g/mol. The Hall–Kier alpha value is -2.04.